The van der Waals surface area contributed by atoms with Crippen molar-refractivity contribution in [2.45, 2.75) is 31.7 Å². The Hall–Kier alpha value is 0.230. The predicted molar refractivity (Wildman–Crippen MR) is 80.5 cm³/mol. The van der Waals surface area contributed by atoms with Gasteiger partial charge in [-0.1, -0.05) is 0 Å². The molecule has 0 aliphatic carbocycles. The number of hydrogen-bond acceptors (Lipinski definition) is 4. The molecule has 0 aliphatic heterocycles. The molecule has 0 spiro atoms. The standard InChI is InChI=1S/C12H21ClN2S2/c1-10(8-16-3)15(2)6-4-5-12-14-11(7-13)9-17-12/h9-10H,4-8H2,1-3H3. The van der Waals surface area contributed by atoms with Crippen molar-refractivity contribution < 1.29 is 0 Å². The Bertz CT molecular complexity index is 317. The van der Waals surface area contributed by atoms with Crippen LogP contribution in [0.15, 0.2) is 5.38 Å². The van der Waals surface area contributed by atoms with E-state index in [1.54, 1.807) is 11.3 Å². The van der Waals surface area contributed by atoms with E-state index in [2.05, 4.69) is 35.5 Å². The first-order valence-corrected chi connectivity index (χ1v) is 8.66. The van der Waals surface area contributed by atoms with Gasteiger partial charge in [-0.15, -0.1) is 22.9 Å². The molecule has 0 amide bonds. The summed E-state index contributed by atoms with van der Waals surface area (Å²) in [5.41, 5.74) is 1.01. The van der Waals surface area contributed by atoms with E-state index >= 15 is 0 Å². The number of nitrogens with zero attached hydrogens (tertiary/aromatic N) is 2. The largest absolute Gasteiger partial charge is 0.303 e. The fourth-order valence-electron chi connectivity index (χ4n) is 1.59. The van der Waals surface area contributed by atoms with Crippen molar-refractivity contribution >= 4 is 34.7 Å². The van der Waals surface area contributed by atoms with Crippen molar-refractivity contribution in [3.63, 3.8) is 0 Å². The highest BCUT2D eigenvalue weighted by atomic mass is 35.5. The highest BCUT2D eigenvalue weighted by Gasteiger charge is 2.08. The lowest BCUT2D eigenvalue weighted by atomic mass is 10.2. The zero-order valence-electron chi connectivity index (χ0n) is 10.8. The third-order valence-corrected chi connectivity index (χ3v) is 4.84. The number of hydrogen-bond donors (Lipinski definition) is 0. The fourth-order valence-corrected chi connectivity index (χ4v) is 3.40. The summed E-state index contributed by atoms with van der Waals surface area (Å²) in [6, 6.07) is 0.652. The maximum atomic E-state index is 5.73. The van der Waals surface area contributed by atoms with Gasteiger partial charge in [0.1, 0.15) is 0 Å². The molecule has 0 aliphatic rings. The Morgan fingerprint density at radius 2 is 2.35 bits per heavy atom. The first-order chi connectivity index (χ1) is 8.17. The van der Waals surface area contributed by atoms with E-state index < -0.39 is 0 Å². The number of halogens is 1. The molecular weight excluding hydrogens is 272 g/mol. The predicted octanol–water partition coefficient (Wildman–Crippen LogP) is 3.50. The van der Waals surface area contributed by atoms with E-state index in [9.17, 15) is 0 Å². The lowest BCUT2D eigenvalue weighted by Crippen LogP contribution is -2.32. The van der Waals surface area contributed by atoms with Gasteiger partial charge in [0.2, 0.25) is 0 Å². The van der Waals surface area contributed by atoms with Crippen LogP contribution in [0.2, 0.25) is 0 Å². The van der Waals surface area contributed by atoms with Crippen LogP contribution in [0.5, 0.6) is 0 Å². The van der Waals surface area contributed by atoms with Gasteiger partial charge in [0.25, 0.3) is 0 Å². The third-order valence-electron chi connectivity index (χ3n) is 2.80. The van der Waals surface area contributed by atoms with Gasteiger partial charge in [0, 0.05) is 23.6 Å². The van der Waals surface area contributed by atoms with Crippen LogP contribution in [0.4, 0.5) is 0 Å². The van der Waals surface area contributed by atoms with Gasteiger partial charge in [-0.25, -0.2) is 4.98 Å². The molecule has 0 N–H and O–H groups in total. The van der Waals surface area contributed by atoms with Crippen molar-refractivity contribution in [3.8, 4) is 0 Å². The van der Waals surface area contributed by atoms with Crippen molar-refractivity contribution in [3.05, 3.63) is 16.1 Å². The average molecular weight is 293 g/mol. The van der Waals surface area contributed by atoms with Gasteiger partial charge in [-0.05, 0) is 33.2 Å². The molecule has 0 aromatic carbocycles. The SMILES string of the molecule is CSCC(C)N(C)CCCc1nc(CCl)cs1. The van der Waals surface area contributed by atoms with E-state index in [-0.39, 0.29) is 0 Å². The number of thioether (sulfide) groups is 1. The Morgan fingerprint density at radius 3 is 2.94 bits per heavy atom. The topological polar surface area (TPSA) is 16.1 Å². The minimum atomic E-state index is 0.529. The zero-order valence-corrected chi connectivity index (χ0v) is 13.2. The molecule has 1 heterocycles. The van der Waals surface area contributed by atoms with E-state index in [1.807, 2.05) is 11.8 Å². The lowest BCUT2D eigenvalue weighted by Gasteiger charge is -2.23. The number of rotatable bonds is 8. The molecule has 0 fully saturated rings. The Kier molecular flexibility index (Phi) is 7.51. The molecule has 17 heavy (non-hydrogen) atoms. The third kappa shape index (κ3) is 5.60. The van der Waals surface area contributed by atoms with Crippen molar-refractivity contribution in [2.24, 2.45) is 0 Å². The molecular formula is C12H21ClN2S2. The number of alkyl halides is 1. The molecule has 1 aromatic heterocycles. The van der Waals surface area contributed by atoms with Gasteiger partial charge in [-0.2, -0.15) is 11.8 Å². The molecule has 1 unspecified atom stereocenters. The molecule has 2 nitrogen and oxygen atoms in total. The van der Waals surface area contributed by atoms with Crippen LogP contribution in [0, 0.1) is 0 Å². The van der Waals surface area contributed by atoms with Crippen molar-refractivity contribution in [1.82, 2.24) is 9.88 Å². The maximum absolute atomic E-state index is 5.73. The Labute approximate surface area is 118 Å². The van der Waals surface area contributed by atoms with Crippen molar-refractivity contribution in [1.29, 1.82) is 0 Å². The molecule has 0 bridgehead atoms. The molecule has 1 atom stereocenters. The van der Waals surface area contributed by atoms with Gasteiger partial charge in [0.15, 0.2) is 0 Å². The summed E-state index contributed by atoms with van der Waals surface area (Å²) in [5, 5.41) is 3.27. The normalized spacial score (nSPS) is 13.2. The van der Waals surface area contributed by atoms with E-state index in [0.717, 1.165) is 18.7 Å². The van der Waals surface area contributed by atoms with Crippen LogP contribution in [0.3, 0.4) is 0 Å². The molecule has 0 saturated heterocycles. The summed E-state index contributed by atoms with van der Waals surface area (Å²) in [5.74, 6) is 1.73. The molecule has 1 aromatic rings. The molecule has 5 heteroatoms. The second-order valence-electron chi connectivity index (χ2n) is 4.25. The Morgan fingerprint density at radius 1 is 1.59 bits per heavy atom. The first kappa shape index (κ1) is 15.3. The summed E-state index contributed by atoms with van der Waals surface area (Å²) in [6.45, 7) is 3.42. The quantitative estimate of drug-likeness (QED) is 0.682. The monoisotopic (exact) mass is 292 g/mol. The van der Waals surface area contributed by atoms with Crippen LogP contribution in [-0.2, 0) is 12.3 Å². The van der Waals surface area contributed by atoms with Crippen LogP contribution in [0.25, 0.3) is 0 Å². The van der Waals surface area contributed by atoms with Crippen molar-refractivity contribution in [2.75, 3.05) is 25.6 Å². The second kappa shape index (κ2) is 8.35. The van der Waals surface area contributed by atoms with Crippen LogP contribution < -0.4 is 0 Å². The molecule has 0 saturated carbocycles. The fraction of sp³-hybridized carbons (Fsp3) is 0.750. The summed E-state index contributed by atoms with van der Waals surface area (Å²) in [4.78, 5) is 6.89. The molecule has 1 rings (SSSR count). The maximum Gasteiger partial charge on any atom is 0.0929 e. The minimum Gasteiger partial charge on any atom is -0.303 e. The summed E-state index contributed by atoms with van der Waals surface area (Å²) in [7, 11) is 2.20. The summed E-state index contributed by atoms with van der Waals surface area (Å²) >= 11 is 9.37. The number of aryl methyl sites for hydroxylation is 1. The number of aromatic nitrogens is 1. The molecule has 0 radical (unpaired) electrons. The van der Waals surface area contributed by atoms with E-state index in [0.29, 0.717) is 11.9 Å². The second-order valence-corrected chi connectivity index (χ2v) is 6.38. The Balaban J connectivity index is 2.22. The van der Waals surface area contributed by atoms with E-state index in [4.69, 9.17) is 11.6 Å². The highest BCUT2D eigenvalue weighted by Crippen LogP contribution is 2.14. The zero-order chi connectivity index (χ0) is 12.7. The van der Waals surface area contributed by atoms with E-state index in [1.165, 1.54) is 17.2 Å². The number of thiazole rings is 1. The lowest BCUT2D eigenvalue weighted by molar-refractivity contribution is 0.274. The smallest absolute Gasteiger partial charge is 0.0929 e. The summed E-state index contributed by atoms with van der Waals surface area (Å²) < 4.78 is 0. The van der Waals surface area contributed by atoms with Crippen LogP contribution in [0.1, 0.15) is 24.0 Å². The van der Waals surface area contributed by atoms with Gasteiger partial charge in [-0.3, -0.25) is 0 Å². The first-order valence-electron chi connectivity index (χ1n) is 5.85. The van der Waals surface area contributed by atoms with Gasteiger partial charge in [0.05, 0.1) is 16.6 Å². The summed E-state index contributed by atoms with van der Waals surface area (Å²) in [6.07, 6.45) is 4.40. The average Bonchev–Trinajstić information content (AvgIpc) is 2.77. The highest BCUT2D eigenvalue weighted by molar-refractivity contribution is 7.98. The van der Waals surface area contributed by atoms with Crippen LogP contribution in [-0.4, -0.2) is 41.5 Å². The molecule has 98 valence electrons. The van der Waals surface area contributed by atoms with Crippen LogP contribution >= 0.6 is 34.7 Å². The van der Waals surface area contributed by atoms with Gasteiger partial charge >= 0.3 is 0 Å². The van der Waals surface area contributed by atoms with Gasteiger partial charge < -0.3 is 4.90 Å². The minimum absolute atomic E-state index is 0.529.